The molecule has 0 bridgehead atoms. The minimum atomic E-state index is -0.327. The Morgan fingerprint density at radius 3 is 2.70 bits per heavy atom. The molecule has 0 spiro atoms. The molecule has 0 aliphatic heterocycles. The van der Waals surface area contributed by atoms with E-state index in [0.717, 1.165) is 5.56 Å². The highest BCUT2D eigenvalue weighted by molar-refractivity contribution is 6.07. The average Bonchev–Trinajstić information content (AvgIpc) is 2.67. The molecule has 0 aliphatic carbocycles. The molecule has 0 saturated heterocycles. The van der Waals surface area contributed by atoms with E-state index in [2.05, 4.69) is 10.3 Å². The topological polar surface area (TPSA) is 59.1 Å². The highest BCUT2D eigenvalue weighted by Crippen LogP contribution is 2.04. The molecule has 0 fully saturated rings. The van der Waals surface area contributed by atoms with Crippen LogP contribution in [0.15, 0.2) is 59.7 Å². The predicted octanol–water partition coefficient (Wildman–Crippen LogP) is 2.38. The van der Waals surface area contributed by atoms with Crippen molar-refractivity contribution in [3.8, 4) is 0 Å². The molecule has 1 heterocycles. The largest absolute Gasteiger partial charge is 0.385 e. The molecule has 1 aromatic carbocycles. The molecule has 0 unspecified atom stereocenters. The fourth-order valence-corrected chi connectivity index (χ4v) is 1.73. The Balaban J connectivity index is 2.34. The first-order chi connectivity index (χ1) is 9.72. The predicted molar refractivity (Wildman–Crippen MR) is 79.9 cm³/mol. The SMILES string of the molecule is CNc1ccccc(C(=O)/C=C/c2cccnc2)c1=O. The van der Waals surface area contributed by atoms with E-state index in [1.807, 2.05) is 6.07 Å². The fourth-order valence-electron chi connectivity index (χ4n) is 1.73. The summed E-state index contributed by atoms with van der Waals surface area (Å²) in [5.41, 5.74) is 1.04. The summed E-state index contributed by atoms with van der Waals surface area (Å²) in [6.07, 6.45) is 6.32. The minimum absolute atomic E-state index is 0.138. The molecule has 0 radical (unpaired) electrons. The lowest BCUT2D eigenvalue weighted by molar-refractivity contribution is 0.104. The number of pyridine rings is 1. The van der Waals surface area contributed by atoms with Crippen molar-refractivity contribution in [3.63, 3.8) is 0 Å². The van der Waals surface area contributed by atoms with Crippen molar-refractivity contribution in [2.45, 2.75) is 0 Å². The second-order valence-corrected chi connectivity index (χ2v) is 4.11. The van der Waals surface area contributed by atoms with Crippen LogP contribution in [0.1, 0.15) is 15.9 Å². The first-order valence-electron chi connectivity index (χ1n) is 6.16. The van der Waals surface area contributed by atoms with Crippen molar-refractivity contribution in [2.24, 2.45) is 0 Å². The summed E-state index contributed by atoms with van der Waals surface area (Å²) in [6, 6.07) is 10.2. The molecule has 100 valence electrons. The highest BCUT2D eigenvalue weighted by Gasteiger charge is 2.08. The second-order valence-electron chi connectivity index (χ2n) is 4.11. The van der Waals surface area contributed by atoms with Crippen LogP contribution in [0.4, 0.5) is 5.69 Å². The molecule has 4 heteroatoms. The smallest absolute Gasteiger partial charge is 0.212 e. The third-order valence-corrected chi connectivity index (χ3v) is 2.77. The zero-order valence-electron chi connectivity index (χ0n) is 11.0. The van der Waals surface area contributed by atoms with Crippen LogP contribution in [0.3, 0.4) is 0 Å². The third-order valence-electron chi connectivity index (χ3n) is 2.77. The van der Waals surface area contributed by atoms with Crippen molar-refractivity contribution < 1.29 is 4.79 Å². The maximum absolute atomic E-state index is 12.1. The second kappa shape index (κ2) is 6.43. The number of nitrogens with zero attached hydrogens (tertiary/aromatic N) is 1. The Labute approximate surface area is 116 Å². The van der Waals surface area contributed by atoms with E-state index in [-0.39, 0.29) is 16.8 Å². The molecular weight excluding hydrogens is 252 g/mol. The van der Waals surface area contributed by atoms with Gasteiger partial charge in [-0.05, 0) is 35.9 Å². The van der Waals surface area contributed by atoms with Crippen molar-refractivity contribution in [1.82, 2.24) is 4.98 Å². The average molecular weight is 266 g/mol. The summed E-state index contributed by atoms with van der Waals surface area (Å²) in [7, 11) is 1.65. The van der Waals surface area contributed by atoms with E-state index < -0.39 is 0 Å². The van der Waals surface area contributed by atoms with Gasteiger partial charge in [0.15, 0.2) is 5.78 Å². The van der Waals surface area contributed by atoms with E-state index in [0.29, 0.717) is 5.69 Å². The van der Waals surface area contributed by atoms with Gasteiger partial charge >= 0.3 is 0 Å². The third kappa shape index (κ3) is 3.17. The van der Waals surface area contributed by atoms with E-state index in [4.69, 9.17) is 0 Å². The lowest BCUT2D eigenvalue weighted by Crippen LogP contribution is -2.14. The maximum Gasteiger partial charge on any atom is 0.212 e. The van der Waals surface area contributed by atoms with Crippen molar-refractivity contribution in [3.05, 3.63) is 76.2 Å². The zero-order chi connectivity index (χ0) is 14.4. The summed E-state index contributed by atoms with van der Waals surface area (Å²) in [5.74, 6) is -0.327. The van der Waals surface area contributed by atoms with Gasteiger partial charge in [-0.1, -0.05) is 18.2 Å². The van der Waals surface area contributed by atoms with Crippen LogP contribution in [-0.4, -0.2) is 17.8 Å². The number of aromatic nitrogens is 1. The van der Waals surface area contributed by atoms with Gasteiger partial charge in [0.05, 0.1) is 11.3 Å². The van der Waals surface area contributed by atoms with Crippen LogP contribution >= 0.6 is 0 Å². The first kappa shape index (κ1) is 13.7. The zero-order valence-corrected chi connectivity index (χ0v) is 11.0. The van der Waals surface area contributed by atoms with E-state index >= 15 is 0 Å². The molecule has 0 amide bonds. The normalized spacial score (nSPS) is 10.4. The number of hydrogen-bond donors (Lipinski definition) is 1. The molecule has 2 rings (SSSR count). The summed E-state index contributed by atoms with van der Waals surface area (Å²) >= 11 is 0. The quantitative estimate of drug-likeness (QED) is 0.682. The van der Waals surface area contributed by atoms with Gasteiger partial charge in [0, 0.05) is 19.4 Å². The highest BCUT2D eigenvalue weighted by atomic mass is 16.1. The molecule has 4 nitrogen and oxygen atoms in total. The Kier molecular flexibility index (Phi) is 4.39. The Hall–Kier alpha value is -2.75. The van der Waals surface area contributed by atoms with Gasteiger partial charge in [-0.2, -0.15) is 0 Å². The van der Waals surface area contributed by atoms with E-state index in [1.165, 1.54) is 12.1 Å². The van der Waals surface area contributed by atoms with Gasteiger partial charge in [-0.15, -0.1) is 0 Å². The molecule has 0 aliphatic rings. The van der Waals surface area contributed by atoms with Crippen molar-refractivity contribution in [1.29, 1.82) is 0 Å². The Morgan fingerprint density at radius 2 is 2.00 bits per heavy atom. The maximum atomic E-state index is 12.1. The van der Waals surface area contributed by atoms with Gasteiger partial charge in [-0.3, -0.25) is 14.6 Å². The number of allylic oxidation sites excluding steroid dienone is 1. The summed E-state index contributed by atoms with van der Waals surface area (Å²) in [4.78, 5) is 28.2. The van der Waals surface area contributed by atoms with E-state index in [1.54, 1.807) is 49.8 Å². The molecule has 2 aromatic rings. The number of hydrogen-bond acceptors (Lipinski definition) is 4. The van der Waals surface area contributed by atoms with Gasteiger partial charge in [0.1, 0.15) is 0 Å². The fraction of sp³-hybridized carbons (Fsp3) is 0.0625. The van der Waals surface area contributed by atoms with Gasteiger partial charge in [-0.25, -0.2) is 0 Å². The van der Waals surface area contributed by atoms with E-state index in [9.17, 15) is 9.59 Å². The van der Waals surface area contributed by atoms with Crippen molar-refractivity contribution in [2.75, 3.05) is 12.4 Å². The van der Waals surface area contributed by atoms with Crippen LogP contribution in [0.5, 0.6) is 0 Å². The van der Waals surface area contributed by atoms with Gasteiger partial charge < -0.3 is 5.32 Å². The monoisotopic (exact) mass is 266 g/mol. The number of rotatable bonds is 4. The number of anilines is 1. The van der Waals surface area contributed by atoms with Crippen LogP contribution in [0.25, 0.3) is 6.08 Å². The van der Waals surface area contributed by atoms with Gasteiger partial charge in [0.25, 0.3) is 0 Å². The number of carbonyl (C=O) groups excluding carboxylic acids is 1. The number of nitrogens with one attached hydrogen (secondary N) is 1. The summed E-state index contributed by atoms with van der Waals surface area (Å²) < 4.78 is 0. The molecular formula is C16H14N2O2. The van der Waals surface area contributed by atoms with Crippen LogP contribution < -0.4 is 10.7 Å². The molecule has 0 saturated carbocycles. The molecule has 0 atom stereocenters. The van der Waals surface area contributed by atoms with Crippen LogP contribution in [0.2, 0.25) is 0 Å². The van der Waals surface area contributed by atoms with Crippen molar-refractivity contribution >= 4 is 17.5 Å². The lowest BCUT2D eigenvalue weighted by Gasteiger charge is -1.95. The Morgan fingerprint density at radius 1 is 1.20 bits per heavy atom. The minimum Gasteiger partial charge on any atom is -0.385 e. The number of carbonyl (C=O) groups is 1. The Bertz CT molecular complexity index is 694. The summed E-state index contributed by atoms with van der Waals surface area (Å²) in [5, 5.41) is 2.79. The molecule has 1 aromatic heterocycles. The molecule has 1 N–H and O–H groups in total. The number of ketones is 1. The van der Waals surface area contributed by atoms with Gasteiger partial charge in [0.2, 0.25) is 5.43 Å². The lowest BCUT2D eigenvalue weighted by atomic mass is 10.1. The first-order valence-corrected chi connectivity index (χ1v) is 6.16. The summed E-state index contributed by atoms with van der Waals surface area (Å²) in [6.45, 7) is 0. The molecule has 20 heavy (non-hydrogen) atoms. The van der Waals surface area contributed by atoms with Crippen LogP contribution in [0, 0.1) is 0 Å². The standard InChI is InChI=1S/C16H14N2O2/c1-17-14-7-3-2-6-13(16(14)20)15(19)9-8-12-5-4-10-18-11-12/h2-11H,1H3,(H,17,20)/b9-8+. The van der Waals surface area contributed by atoms with Crippen LogP contribution in [-0.2, 0) is 0 Å².